The van der Waals surface area contributed by atoms with Crippen molar-refractivity contribution in [3.05, 3.63) is 71.3 Å². The minimum Gasteiger partial charge on any atom is -0.302 e. The molecule has 0 heterocycles. The second-order valence-corrected chi connectivity index (χ2v) is 7.61. The number of nitrogens with zero attached hydrogens (tertiary/aromatic N) is 2. The van der Waals surface area contributed by atoms with Gasteiger partial charge in [-0.2, -0.15) is 18.4 Å². The largest absolute Gasteiger partial charge is 0.416 e. The van der Waals surface area contributed by atoms with E-state index in [0.29, 0.717) is 19.4 Å². The highest BCUT2D eigenvalue weighted by molar-refractivity contribution is 5.41. The smallest absolute Gasteiger partial charge is 0.302 e. The maximum absolute atomic E-state index is 13.6. The van der Waals surface area contributed by atoms with Gasteiger partial charge in [0.15, 0.2) is 0 Å². The first kappa shape index (κ1) is 22.0. The van der Waals surface area contributed by atoms with Gasteiger partial charge >= 0.3 is 6.18 Å². The number of nitriles is 1. The van der Waals surface area contributed by atoms with E-state index < -0.39 is 17.2 Å². The van der Waals surface area contributed by atoms with E-state index in [1.54, 1.807) is 6.07 Å². The first-order valence-corrected chi connectivity index (χ1v) is 9.51. The highest BCUT2D eigenvalue weighted by atomic mass is 19.4. The first-order valence-electron chi connectivity index (χ1n) is 9.51. The van der Waals surface area contributed by atoms with Crippen LogP contribution in [0.2, 0.25) is 0 Å². The molecule has 1 unspecified atom stereocenters. The number of rotatable bonds is 8. The topological polar surface area (TPSA) is 27.0 Å². The first-order chi connectivity index (χ1) is 13.2. The van der Waals surface area contributed by atoms with E-state index in [1.165, 1.54) is 17.7 Å². The van der Waals surface area contributed by atoms with Crippen molar-refractivity contribution in [2.75, 3.05) is 13.6 Å². The summed E-state index contributed by atoms with van der Waals surface area (Å²) in [5.41, 5.74) is -0.601. The van der Waals surface area contributed by atoms with Gasteiger partial charge in [-0.05, 0) is 49.5 Å². The third kappa shape index (κ3) is 5.14. The predicted octanol–water partition coefficient (Wildman–Crippen LogP) is 6.03. The van der Waals surface area contributed by atoms with Gasteiger partial charge in [0.05, 0.1) is 17.0 Å². The Bertz CT molecular complexity index is 793. The Morgan fingerprint density at radius 2 is 1.54 bits per heavy atom. The van der Waals surface area contributed by atoms with E-state index in [4.69, 9.17) is 0 Å². The summed E-state index contributed by atoms with van der Waals surface area (Å²) in [6.45, 7) is 5.12. The third-order valence-corrected chi connectivity index (χ3v) is 5.30. The van der Waals surface area contributed by atoms with Crippen LogP contribution in [0.5, 0.6) is 0 Å². The van der Waals surface area contributed by atoms with Gasteiger partial charge in [0.25, 0.3) is 0 Å². The van der Waals surface area contributed by atoms with E-state index in [2.05, 4.69) is 11.0 Å². The number of halogens is 3. The second-order valence-electron chi connectivity index (χ2n) is 7.61. The van der Waals surface area contributed by atoms with Gasteiger partial charge < -0.3 is 4.90 Å². The summed E-state index contributed by atoms with van der Waals surface area (Å²) in [5, 5.41) is 9.96. The molecular weight excluding hydrogens is 361 g/mol. The molecule has 0 aliphatic carbocycles. The summed E-state index contributed by atoms with van der Waals surface area (Å²) in [6.07, 6.45) is -3.45. The minimum absolute atomic E-state index is 0.0886. The molecule has 0 radical (unpaired) electrons. The highest BCUT2D eigenvalue weighted by Gasteiger charge is 2.43. The number of benzene rings is 2. The Labute approximate surface area is 165 Å². The predicted molar refractivity (Wildman–Crippen MR) is 106 cm³/mol. The molecule has 2 aromatic carbocycles. The second kappa shape index (κ2) is 9.25. The Morgan fingerprint density at radius 1 is 0.964 bits per heavy atom. The van der Waals surface area contributed by atoms with Gasteiger partial charge in [-0.3, -0.25) is 0 Å². The lowest BCUT2D eigenvalue weighted by Gasteiger charge is -2.34. The summed E-state index contributed by atoms with van der Waals surface area (Å²) in [5.74, 6) is -0.236. The number of hydrogen-bond donors (Lipinski definition) is 0. The fraction of sp³-hybridized carbons (Fsp3) is 0.435. The number of alkyl halides is 3. The molecule has 28 heavy (non-hydrogen) atoms. The summed E-state index contributed by atoms with van der Waals surface area (Å²) >= 11 is 0. The Morgan fingerprint density at radius 3 is 2.07 bits per heavy atom. The van der Waals surface area contributed by atoms with Crippen molar-refractivity contribution < 1.29 is 13.2 Å². The summed E-state index contributed by atoms with van der Waals surface area (Å²) in [6, 6.07) is 17.8. The summed E-state index contributed by atoms with van der Waals surface area (Å²) < 4.78 is 40.7. The normalized spacial score (nSPS) is 14.1. The zero-order chi connectivity index (χ0) is 20.8. The fourth-order valence-corrected chi connectivity index (χ4v) is 3.70. The Balaban J connectivity index is 2.18. The van der Waals surface area contributed by atoms with Crippen molar-refractivity contribution in [1.29, 1.82) is 5.26 Å². The molecule has 2 nitrogen and oxygen atoms in total. The molecule has 0 bridgehead atoms. The quantitative estimate of drug-likeness (QED) is 0.552. The third-order valence-electron chi connectivity index (χ3n) is 5.30. The van der Waals surface area contributed by atoms with Crippen molar-refractivity contribution in [2.45, 2.75) is 44.8 Å². The monoisotopic (exact) mass is 388 g/mol. The van der Waals surface area contributed by atoms with Gasteiger partial charge in [0.2, 0.25) is 0 Å². The van der Waals surface area contributed by atoms with Gasteiger partial charge in [0.1, 0.15) is 0 Å². The molecule has 0 saturated heterocycles. The molecule has 0 fully saturated rings. The molecule has 2 aromatic rings. The molecule has 0 amide bonds. The zero-order valence-corrected chi connectivity index (χ0v) is 16.6. The van der Waals surface area contributed by atoms with Gasteiger partial charge in [0, 0.05) is 6.54 Å². The van der Waals surface area contributed by atoms with E-state index in [-0.39, 0.29) is 11.5 Å². The average molecular weight is 388 g/mol. The lowest BCUT2D eigenvalue weighted by Crippen LogP contribution is -2.34. The van der Waals surface area contributed by atoms with Crippen LogP contribution in [-0.2, 0) is 18.1 Å². The van der Waals surface area contributed by atoms with E-state index in [9.17, 15) is 18.4 Å². The van der Waals surface area contributed by atoms with Crippen LogP contribution in [-0.4, -0.2) is 18.5 Å². The van der Waals surface area contributed by atoms with Crippen LogP contribution in [0.25, 0.3) is 0 Å². The molecule has 0 saturated carbocycles. The fourth-order valence-electron chi connectivity index (χ4n) is 3.70. The maximum Gasteiger partial charge on any atom is 0.416 e. The maximum atomic E-state index is 13.6. The van der Waals surface area contributed by atoms with Crippen molar-refractivity contribution in [1.82, 2.24) is 4.90 Å². The van der Waals surface area contributed by atoms with Crippen molar-refractivity contribution in [3.63, 3.8) is 0 Å². The summed E-state index contributed by atoms with van der Waals surface area (Å²) in [4.78, 5) is 2.13. The minimum atomic E-state index is -4.47. The van der Waals surface area contributed by atoms with Crippen LogP contribution < -0.4 is 0 Å². The average Bonchev–Trinajstić information content (AvgIpc) is 2.65. The van der Waals surface area contributed by atoms with Crippen LogP contribution in [0, 0.1) is 17.2 Å². The van der Waals surface area contributed by atoms with Crippen LogP contribution in [0.3, 0.4) is 0 Å². The number of hydrogen-bond acceptors (Lipinski definition) is 2. The molecular formula is C23H27F3N2. The van der Waals surface area contributed by atoms with Crippen molar-refractivity contribution >= 4 is 0 Å². The highest BCUT2D eigenvalue weighted by Crippen LogP contribution is 2.43. The zero-order valence-electron chi connectivity index (χ0n) is 16.6. The van der Waals surface area contributed by atoms with Crippen molar-refractivity contribution in [2.24, 2.45) is 5.92 Å². The van der Waals surface area contributed by atoms with Crippen LogP contribution in [0.1, 0.15) is 43.4 Å². The molecule has 1 atom stereocenters. The van der Waals surface area contributed by atoms with Crippen molar-refractivity contribution in [3.8, 4) is 6.07 Å². The van der Waals surface area contributed by atoms with E-state index in [1.807, 2.05) is 51.2 Å². The molecule has 0 spiro atoms. The molecule has 150 valence electrons. The van der Waals surface area contributed by atoms with Gasteiger partial charge in [-0.1, -0.05) is 62.4 Å². The lowest BCUT2D eigenvalue weighted by atomic mass is 9.68. The molecule has 2 rings (SSSR count). The van der Waals surface area contributed by atoms with E-state index in [0.717, 1.165) is 12.6 Å². The molecule has 0 aromatic heterocycles. The van der Waals surface area contributed by atoms with Gasteiger partial charge in [-0.15, -0.1) is 0 Å². The van der Waals surface area contributed by atoms with Gasteiger partial charge in [-0.25, -0.2) is 0 Å². The molecule has 5 heteroatoms. The standard InChI is InChI=1S/C23H27F3N2/c1-18(2)22(17-27,20-12-7-8-13-21(20)23(24,25)26)14-9-15-28(3)16-19-10-5-4-6-11-19/h4-8,10-13,18H,9,14-16H2,1-3H3. The van der Waals surface area contributed by atoms with Crippen LogP contribution in [0.4, 0.5) is 13.2 Å². The Kier molecular flexibility index (Phi) is 7.26. The van der Waals surface area contributed by atoms with Crippen LogP contribution >= 0.6 is 0 Å². The summed E-state index contributed by atoms with van der Waals surface area (Å²) in [7, 11) is 1.99. The molecule has 0 aliphatic rings. The lowest BCUT2D eigenvalue weighted by molar-refractivity contribution is -0.138. The van der Waals surface area contributed by atoms with E-state index >= 15 is 0 Å². The Hall–Kier alpha value is -2.32. The van der Waals surface area contributed by atoms with Crippen LogP contribution in [0.15, 0.2) is 54.6 Å². The molecule has 0 aliphatic heterocycles. The SMILES string of the molecule is CC(C)C(C#N)(CCCN(C)Cc1ccccc1)c1ccccc1C(F)(F)F. The molecule has 0 N–H and O–H groups in total.